The molecule has 0 saturated carbocycles. The van der Waals surface area contributed by atoms with Gasteiger partial charge in [-0.05, 0) is 12.1 Å². The molecule has 1 aromatic heterocycles. The Kier molecular flexibility index (Phi) is 5.21. The van der Waals surface area contributed by atoms with Gasteiger partial charge in [-0.25, -0.2) is 9.78 Å². The van der Waals surface area contributed by atoms with Crippen LogP contribution in [0.2, 0.25) is 0 Å². The van der Waals surface area contributed by atoms with E-state index in [0.717, 1.165) is 10.6 Å². The molecule has 0 radical (unpaired) electrons. The maximum absolute atomic E-state index is 12.0. The second kappa shape index (κ2) is 7.12. The van der Waals surface area contributed by atoms with Gasteiger partial charge in [0.2, 0.25) is 0 Å². The van der Waals surface area contributed by atoms with E-state index in [1.54, 1.807) is 23.5 Å². The SMILES string of the molecule is CC(C)Sc1ccccc1NC(=O)NCc1ncnn1C. The summed E-state index contributed by atoms with van der Waals surface area (Å²) in [6, 6.07) is 7.51. The third-order valence-electron chi connectivity index (χ3n) is 2.71. The number of carbonyl (C=O) groups is 1. The summed E-state index contributed by atoms with van der Waals surface area (Å²) in [6.07, 6.45) is 1.46. The number of carbonyl (C=O) groups excluding carboxylic acids is 1. The zero-order valence-electron chi connectivity index (χ0n) is 12.3. The Labute approximate surface area is 128 Å². The Morgan fingerprint density at radius 2 is 2.14 bits per heavy atom. The highest BCUT2D eigenvalue weighted by Crippen LogP contribution is 2.29. The number of rotatable bonds is 5. The fraction of sp³-hybridized carbons (Fsp3) is 0.357. The molecule has 0 aliphatic heterocycles. The predicted octanol–water partition coefficient (Wildman–Crippen LogP) is 2.64. The average Bonchev–Trinajstić information content (AvgIpc) is 2.84. The summed E-state index contributed by atoms with van der Waals surface area (Å²) in [4.78, 5) is 17.1. The zero-order chi connectivity index (χ0) is 15.2. The molecule has 1 aromatic carbocycles. The van der Waals surface area contributed by atoms with E-state index in [0.29, 0.717) is 17.6 Å². The molecule has 0 fully saturated rings. The number of para-hydroxylation sites is 1. The summed E-state index contributed by atoms with van der Waals surface area (Å²) >= 11 is 1.72. The van der Waals surface area contributed by atoms with Gasteiger partial charge < -0.3 is 10.6 Å². The molecule has 0 aliphatic carbocycles. The number of anilines is 1. The van der Waals surface area contributed by atoms with Crippen molar-refractivity contribution in [3.8, 4) is 0 Å². The Morgan fingerprint density at radius 3 is 2.81 bits per heavy atom. The molecule has 112 valence electrons. The van der Waals surface area contributed by atoms with Crippen LogP contribution in [-0.4, -0.2) is 26.0 Å². The first kappa shape index (κ1) is 15.4. The monoisotopic (exact) mass is 305 g/mol. The Bertz CT molecular complexity index is 611. The predicted molar refractivity (Wildman–Crippen MR) is 84.3 cm³/mol. The van der Waals surface area contributed by atoms with Gasteiger partial charge in [0, 0.05) is 17.2 Å². The van der Waals surface area contributed by atoms with E-state index in [4.69, 9.17) is 0 Å². The topological polar surface area (TPSA) is 71.8 Å². The number of aromatic nitrogens is 3. The van der Waals surface area contributed by atoms with Crippen LogP contribution in [0.25, 0.3) is 0 Å². The molecule has 0 spiro atoms. The zero-order valence-corrected chi connectivity index (χ0v) is 13.1. The number of nitrogens with zero attached hydrogens (tertiary/aromatic N) is 3. The van der Waals surface area contributed by atoms with Gasteiger partial charge in [0.1, 0.15) is 12.2 Å². The van der Waals surface area contributed by atoms with Crippen LogP contribution in [0, 0.1) is 0 Å². The van der Waals surface area contributed by atoms with E-state index in [9.17, 15) is 4.79 Å². The highest BCUT2D eigenvalue weighted by atomic mass is 32.2. The van der Waals surface area contributed by atoms with Crippen LogP contribution >= 0.6 is 11.8 Å². The largest absolute Gasteiger partial charge is 0.331 e. The van der Waals surface area contributed by atoms with Gasteiger partial charge in [0.05, 0.1) is 12.2 Å². The molecule has 2 rings (SSSR count). The molecule has 0 saturated heterocycles. The van der Waals surface area contributed by atoms with Crippen molar-refractivity contribution in [3.05, 3.63) is 36.4 Å². The van der Waals surface area contributed by atoms with Crippen LogP contribution in [0.15, 0.2) is 35.5 Å². The maximum atomic E-state index is 12.0. The molecular weight excluding hydrogens is 286 g/mol. The summed E-state index contributed by atoms with van der Waals surface area (Å²) in [7, 11) is 1.79. The van der Waals surface area contributed by atoms with Crippen molar-refractivity contribution in [1.29, 1.82) is 0 Å². The number of hydrogen-bond acceptors (Lipinski definition) is 4. The molecule has 0 atom stereocenters. The van der Waals surface area contributed by atoms with E-state index in [1.165, 1.54) is 6.33 Å². The molecular formula is C14H19N5OS. The second-order valence-corrected chi connectivity index (χ2v) is 6.39. The molecule has 2 N–H and O–H groups in total. The molecule has 21 heavy (non-hydrogen) atoms. The van der Waals surface area contributed by atoms with E-state index in [1.807, 2.05) is 24.3 Å². The van der Waals surface area contributed by atoms with Crippen molar-refractivity contribution in [2.45, 2.75) is 30.5 Å². The molecule has 1 heterocycles. The summed E-state index contributed by atoms with van der Waals surface area (Å²) < 4.78 is 1.63. The number of urea groups is 1. The van der Waals surface area contributed by atoms with Crippen molar-refractivity contribution in [1.82, 2.24) is 20.1 Å². The number of amides is 2. The van der Waals surface area contributed by atoms with Crippen LogP contribution in [0.3, 0.4) is 0 Å². The Balaban J connectivity index is 1.95. The van der Waals surface area contributed by atoms with Crippen LogP contribution in [0.1, 0.15) is 19.7 Å². The van der Waals surface area contributed by atoms with E-state index in [2.05, 4.69) is 34.6 Å². The number of aryl methyl sites for hydroxylation is 1. The van der Waals surface area contributed by atoms with Gasteiger partial charge in [-0.3, -0.25) is 4.68 Å². The number of thioether (sulfide) groups is 1. The molecule has 7 heteroatoms. The summed E-state index contributed by atoms with van der Waals surface area (Å²) in [5.74, 6) is 0.704. The van der Waals surface area contributed by atoms with Crippen LogP contribution < -0.4 is 10.6 Å². The quantitative estimate of drug-likeness (QED) is 0.833. The lowest BCUT2D eigenvalue weighted by molar-refractivity contribution is 0.251. The second-order valence-electron chi connectivity index (χ2n) is 4.77. The van der Waals surface area contributed by atoms with Gasteiger partial charge in [0.15, 0.2) is 0 Å². The van der Waals surface area contributed by atoms with Crippen molar-refractivity contribution < 1.29 is 4.79 Å². The number of hydrogen-bond donors (Lipinski definition) is 2. The molecule has 0 aliphatic rings. The van der Waals surface area contributed by atoms with Crippen molar-refractivity contribution in [2.75, 3.05) is 5.32 Å². The number of nitrogens with one attached hydrogen (secondary N) is 2. The molecule has 2 amide bonds. The summed E-state index contributed by atoms with van der Waals surface area (Å²) in [5.41, 5.74) is 0.812. The minimum Gasteiger partial charge on any atom is -0.331 e. The first-order valence-electron chi connectivity index (χ1n) is 6.69. The van der Waals surface area contributed by atoms with Gasteiger partial charge in [-0.15, -0.1) is 11.8 Å². The minimum atomic E-state index is -0.255. The third-order valence-corrected chi connectivity index (χ3v) is 3.79. The molecule has 0 bridgehead atoms. The Morgan fingerprint density at radius 1 is 1.38 bits per heavy atom. The van der Waals surface area contributed by atoms with Gasteiger partial charge in [-0.1, -0.05) is 26.0 Å². The van der Waals surface area contributed by atoms with Crippen LogP contribution in [0.4, 0.5) is 10.5 Å². The highest BCUT2D eigenvalue weighted by molar-refractivity contribution is 8.00. The lowest BCUT2D eigenvalue weighted by Crippen LogP contribution is -2.29. The first-order valence-corrected chi connectivity index (χ1v) is 7.57. The van der Waals surface area contributed by atoms with Crippen molar-refractivity contribution >= 4 is 23.5 Å². The third kappa shape index (κ3) is 4.49. The van der Waals surface area contributed by atoms with Crippen molar-refractivity contribution in [3.63, 3.8) is 0 Å². The molecule has 0 unspecified atom stereocenters. The molecule has 2 aromatic rings. The van der Waals surface area contributed by atoms with Gasteiger partial charge >= 0.3 is 6.03 Å². The normalized spacial score (nSPS) is 10.7. The lowest BCUT2D eigenvalue weighted by atomic mass is 10.3. The highest BCUT2D eigenvalue weighted by Gasteiger charge is 2.09. The van der Waals surface area contributed by atoms with Crippen molar-refractivity contribution in [2.24, 2.45) is 7.05 Å². The fourth-order valence-electron chi connectivity index (χ4n) is 1.73. The summed E-state index contributed by atoms with van der Waals surface area (Å²) in [6.45, 7) is 4.58. The van der Waals surface area contributed by atoms with Gasteiger partial charge in [0.25, 0.3) is 0 Å². The van der Waals surface area contributed by atoms with Crippen LogP contribution in [-0.2, 0) is 13.6 Å². The maximum Gasteiger partial charge on any atom is 0.319 e. The first-order chi connectivity index (χ1) is 10.1. The average molecular weight is 305 g/mol. The summed E-state index contributed by atoms with van der Waals surface area (Å²) in [5, 5.41) is 10.1. The lowest BCUT2D eigenvalue weighted by Gasteiger charge is -2.12. The Hall–Kier alpha value is -2.02. The van der Waals surface area contributed by atoms with E-state index >= 15 is 0 Å². The van der Waals surface area contributed by atoms with E-state index < -0.39 is 0 Å². The number of benzene rings is 1. The van der Waals surface area contributed by atoms with Crippen LogP contribution in [0.5, 0.6) is 0 Å². The molecule has 6 nitrogen and oxygen atoms in total. The smallest absolute Gasteiger partial charge is 0.319 e. The van der Waals surface area contributed by atoms with E-state index in [-0.39, 0.29) is 6.03 Å². The standard InChI is InChI=1S/C14H19N5OS/c1-10(2)21-12-7-5-4-6-11(12)18-14(20)15-8-13-16-9-17-19(13)3/h4-7,9-10H,8H2,1-3H3,(H2,15,18,20). The fourth-order valence-corrected chi connectivity index (χ4v) is 2.64. The minimum absolute atomic E-state index is 0.255. The van der Waals surface area contributed by atoms with Gasteiger partial charge in [-0.2, -0.15) is 5.10 Å².